The van der Waals surface area contributed by atoms with Crippen molar-refractivity contribution in [3.63, 3.8) is 0 Å². The van der Waals surface area contributed by atoms with Crippen LogP contribution < -0.4 is 10.6 Å². The molecule has 2 aliphatic rings. The average molecular weight is 306 g/mol. The van der Waals surface area contributed by atoms with Crippen LogP contribution in [0, 0.1) is 6.92 Å². The monoisotopic (exact) mass is 306 g/mol. The van der Waals surface area contributed by atoms with Gasteiger partial charge in [-0.25, -0.2) is 4.99 Å². The number of aromatic nitrogens is 3. The van der Waals surface area contributed by atoms with E-state index >= 15 is 0 Å². The zero-order valence-corrected chi connectivity index (χ0v) is 13.7. The highest BCUT2D eigenvalue weighted by Gasteiger charge is 2.30. The largest absolute Gasteiger partial charge is 0.373 e. The normalized spacial score (nSPS) is 25.5. The third-order valence-electron chi connectivity index (χ3n) is 4.41. The van der Waals surface area contributed by atoms with E-state index < -0.39 is 0 Å². The van der Waals surface area contributed by atoms with E-state index in [1.54, 1.807) is 0 Å². The van der Waals surface area contributed by atoms with E-state index in [2.05, 4.69) is 32.7 Å². The molecule has 1 saturated carbocycles. The minimum Gasteiger partial charge on any atom is -0.373 e. The molecule has 0 bridgehead atoms. The summed E-state index contributed by atoms with van der Waals surface area (Å²) in [7, 11) is 1.97. The smallest absolute Gasteiger partial charge is 0.192 e. The summed E-state index contributed by atoms with van der Waals surface area (Å²) in [4.78, 5) is 4.66. The fourth-order valence-electron chi connectivity index (χ4n) is 2.56. The minimum absolute atomic E-state index is 0.0760. The van der Waals surface area contributed by atoms with Gasteiger partial charge in [-0.3, -0.25) is 0 Å². The van der Waals surface area contributed by atoms with Crippen LogP contribution in [0.1, 0.15) is 44.3 Å². The predicted molar refractivity (Wildman–Crippen MR) is 84.6 cm³/mol. The first-order valence-electron chi connectivity index (χ1n) is 8.09. The molecule has 0 radical (unpaired) electrons. The standard InChI is InChI=1S/C15H26N6O/c1-11-19-20-13(21(11)3)9-16-14(18-12-5-6-12)17-10-15(2)7-4-8-22-15/h12H,4-10H2,1-3H3,(H2,16,17,18). The lowest BCUT2D eigenvalue weighted by molar-refractivity contribution is 0.0242. The van der Waals surface area contributed by atoms with E-state index in [1.165, 1.54) is 12.8 Å². The maximum absolute atomic E-state index is 5.82. The third-order valence-corrected chi connectivity index (χ3v) is 4.41. The lowest BCUT2D eigenvalue weighted by Gasteiger charge is -2.24. The first kappa shape index (κ1) is 15.3. The Balaban J connectivity index is 1.60. The van der Waals surface area contributed by atoms with Gasteiger partial charge >= 0.3 is 0 Å². The van der Waals surface area contributed by atoms with Crippen LogP contribution in [0.2, 0.25) is 0 Å². The molecule has 2 heterocycles. The second-order valence-electron chi connectivity index (χ2n) is 6.56. The van der Waals surface area contributed by atoms with Crippen LogP contribution in [0.3, 0.4) is 0 Å². The van der Waals surface area contributed by atoms with Crippen molar-refractivity contribution < 1.29 is 4.74 Å². The lowest BCUT2D eigenvalue weighted by Crippen LogP contribution is -2.46. The van der Waals surface area contributed by atoms with Gasteiger partial charge < -0.3 is 19.9 Å². The van der Waals surface area contributed by atoms with E-state index in [-0.39, 0.29) is 5.60 Å². The molecule has 1 aromatic heterocycles. The molecule has 2 N–H and O–H groups in total. The van der Waals surface area contributed by atoms with Crippen molar-refractivity contribution in [2.24, 2.45) is 12.0 Å². The molecule has 1 aromatic rings. The summed E-state index contributed by atoms with van der Waals surface area (Å²) < 4.78 is 7.80. The molecule has 1 aliphatic carbocycles. The van der Waals surface area contributed by atoms with Crippen molar-refractivity contribution in [1.29, 1.82) is 0 Å². The Labute approximate surface area is 131 Å². The Hall–Kier alpha value is -1.63. The number of guanidine groups is 1. The molecule has 7 heteroatoms. The van der Waals surface area contributed by atoms with Crippen LogP contribution in [0.25, 0.3) is 0 Å². The van der Waals surface area contributed by atoms with Gasteiger partial charge in [0.25, 0.3) is 0 Å². The average Bonchev–Trinajstić information content (AvgIpc) is 3.13. The topological polar surface area (TPSA) is 76.4 Å². The van der Waals surface area contributed by atoms with Crippen molar-refractivity contribution >= 4 is 5.96 Å². The first-order chi connectivity index (χ1) is 10.6. The van der Waals surface area contributed by atoms with Crippen LogP contribution in [0.15, 0.2) is 4.99 Å². The van der Waals surface area contributed by atoms with Gasteiger partial charge in [0, 0.05) is 26.2 Å². The number of aryl methyl sites for hydroxylation is 1. The SMILES string of the molecule is Cc1nnc(CN=C(NCC2(C)CCCO2)NC2CC2)n1C. The van der Waals surface area contributed by atoms with Gasteiger partial charge in [-0.2, -0.15) is 0 Å². The van der Waals surface area contributed by atoms with Crippen molar-refractivity contribution in [1.82, 2.24) is 25.4 Å². The molecule has 1 unspecified atom stereocenters. The number of nitrogens with zero attached hydrogens (tertiary/aromatic N) is 4. The molecule has 3 rings (SSSR count). The van der Waals surface area contributed by atoms with Gasteiger partial charge in [-0.05, 0) is 39.5 Å². The molecule has 7 nitrogen and oxygen atoms in total. The van der Waals surface area contributed by atoms with Crippen molar-refractivity contribution in [2.75, 3.05) is 13.2 Å². The Morgan fingerprint density at radius 2 is 2.27 bits per heavy atom. The van der Waals surface area contributed by atoms with Gasteiger partial charge in [0.15, 0.2) is 11.8 Å². The second-order valence-corrected chi connectivity index (χ2v) is 6.56. The van der Waals surface area contributed by atoms with Gasteiger partial charge in [0.05, 0.1) is 5.60 Å². The highest BCUT2D eigenvalue weighted by atomic mass is 16.5. The lowest BCUT2D eigenvalue weighted by atomic mass is 10.0. The van der Waals surface area contributed by atoms with Crippen LogP contribution in [0.5, 0.6) is 0 Å². The number of nitrogens with one attached hydrogen (secondary N) is 2. The molecular formula is C15H26N6O. The fourth-order valence-corrected chi connectivity index (χ4v) is 2.56. The molecule has 0 spiro atoms. The molecular weight excluding hydrogens is 280 g/mol. The molecule has 2 fully saturated rings. The van der Waals surface area contributed by atoms with E-state index in [0.717, 1.165) is 43.6 Å². The van der Waals surface area contributed by atoms with E-state index in [4.69, 9.17) is 4.74 Å². The molecule has 1 atom stereocenters. The maximum atomic E-state index is 5.82. The number of ether oxygens (including phenoxy) is 1. The zero-order chi connectivity index (χ0) is 15.6. The van der Waals surface area contributed by atoms with Crippen molar-refractivity contribution in [3.05, 3.63) is 11.6 Å². The number of hydrogen-bond donors (Lipinski definition) is 2. The Kier molecular flexibility index (Phi) is 4.33. The number of aliphatic imine (C=N–C) groups is 1. The third kappa shape index (κ3) is 3.76. The number of rotatable bonds is 5. The van der Waals surface area contributed by atoms with Gasteiger partial charge in [-0.15, -0.1) is 10.2 Å². The molecule has 1 saturated heterocycles. The van der Waals surface area contributed by atoms with E-state index in [1.807, 2.05) is 18.5 Å². The summed E-state index contributed by atoms with van der Waals surface area (Å²) in [5.41, 5.74) is -0.0760. The molecule has 22 heavy (non-hydrogen) atoms. The number of hydrogen-bond acceptors (Lipinski definition) is 4. The van der Waals surface area contributed by atoms with Crippen LogP contribution >= 0.6 is 0 Å². The summed E-state index contributed by atoms with van der Waals surface area (Å²) >= 11 is 0. The molecule has 1 aliphatic heterocycles. The van der Waals surface area contributed by atoms with Gasteiger partial charge in [-0.1, -0.05) is 0 Å². The van der Waals surface area contributed by atoms with Crippen LogP contribution in [-0.2, 0) is 18.3 Å². The van der Waals surface area contributed by atoms with Crippen molar-refractivity contribution in [3.8, 4) is 0 Å². The summed E-state index contributed by atoms with van der Waals surface area (Å²) in [6, 6.07) is 0.560. The van der Waals surface area contributed by atoms with E-state index in [0.29, 0.717) is 12.6 Å². The maximum Gasteiger partial charge on any atom is 0.192 e. The second kappa shape index (κ2) is 6.24. The fraction of sp³-hybridized carbons (Fsp3) is 0.800. The summed E-state index contributed by atoms with van der Waals surface area (Å²) in [6.07, 6.45) is 4.67. The van der Waals surface area contributed by atoms with Crippen LogP contribution in [-0.4, -0.2) is 45.5 Å². The Morgan fingerprint density at radius 3 is 2.86 bits per heavy atom. The predicted octanol–water partition coefficient (Wildman–Crippen LogP) is 0.890. The quantitative estimate of drug-likeness (QED) is 0.624. The minimum atomic E-state index is -0.0760. The molecule has 122 valence electrons. The van der Waals surface area contributed by atoms with Crippen LogP contribution in [0.4, 0.5) is 0 Å². The molecule has 0 aromatic carbocycles. The zero-order valence-electron chi connectivity index (χ0n) is 13.7. The summed E-state index contributed by atoms with van der Waals surface area (Å²) in [5, 5.41) is 15.1. The highest BCUT2D eigenvalue weighted by Crippen LogP contribution is 2.24. The molecule has 0 amide bonds. The highest BCUT2D eigenvalue weighted by molar-refractivity contribution is 5.80. The van der Waals surface area contributed by atoms with E-state index in [9.17, 15) is 0 Å². The summed E-state index contributed by atoms with van der Waals surface area (Å²) in [5.74, 6) is 2.62. The van der Waals surface area contributed by atoms with Crippen molar-refractivity contribution in [2.45, 2.75) is 57.7 Å². The summed E-state index contributed by atoms with van der Waals surface area (Å²) in [6.45, 7) is 6.27. The Bertz CT molecular complexity index is 542. The Morgan fingerprint density at radius 1 is 1.45 bits per heavy atom. The van der Waals surface area contributed by atoms with Gasteiger partial charge in [0.1, 0.15) is 12.4 Å². The first-order valence-corrected chi connectivity index (χ1v) is 8.09. The van der Waals surface area contributed by atoms with Gasteiger partial charge in [0.2, 0.25) is 0 Å².